The summed E-state index contributed by atoms with van der Waals surface area (Å²) in [5, 5.41) is 5.62. The van der Waals surface area contributed by atoms with Gasteiger partial charge in [0.2, 0.25) is 11.8 Å². The van der Waals surface area contributed by atoms with Gasteiger partial charge in [0, 0.05) is 18.8 Å². The molecule has 0 aromatic heterocycles. The van der Waals surface area contributed by atoms with E-state index in [0.717, 1.165) is 25.2 Å². The quantitative estimate of drug-likeness (QED) is 0.472. The first-order valence-corrected chi connectivity index (χ1v) is 9.90. The van der Waals surface area contributed by atoms with Crippen molar-refractivity contribution in [2.45, 2.75) is 27.2 Å². The van der Waals surface area contributed by atoms with Crippen LogP contribution in [0.2, 0.25) is 0 Å². The molecule has 0 atom stereocenters. The molecule has 1 aromatic carbocycles. The largest absolute Gasteiger partial charge is 0.369 e. The second-order valence-corrected chi connectivity index (χ2v) is 7.20. The number of benzene rings is 1. The summed E-state index contributed by atoms with van der Waals surface area (Å²) >= 11 is 0. The van der Waals surface area contributed by atoms with E-state index >= 15 is 0 Å². The molecule has 0 bridgehead atoms. The Labute approximate surface area is 168 Å². The van der Waals surface area contributed by atoms with Crippen molar-refractivity contribution in [3.63, 3.8) is 0 Å². The molecule has 0 unspecified atom stereocenters. The zero-order valence-corrected chi connectivity index (χ0v) is 17.6. The van der Waals surface area contributed by atoms with Gasteiger partial charge in [0.15, 0.2) is 0 Å². The summed E-state index contributed by atoms with van der Waals surface area (Å²) in [5.41, 5.74) is 1.97. The molecule has 0 aliphatic carbocycles. The van der Waals surface area contributed by atoms with Crippen molar-refractivity contribution >= 4 is 17.5 Å². The minimum absolute atomic E-state index is 0.00591. The number of ether oxygens (including phenoxy) is 2. The maximum atomic E-state index is 11.9. The van der Waals surface area contributed by atoms with Crippen molar-refractivity contribution in [2.24, 2.45) is 5.92 Å². The Morgan fingerprint density at radius 3 is 2.43 bits per heavy atom. The van der Waals surface area contributed by atoms with Gasteiger partial charge >= 0.3 is 0 Å². The van der Waals surface area contributed by atoms with Crippen LogP contribution in [0.25, 0.3) is 0 Å². The summed E-state index contributed by atoms with van der Waals surface area (Å²) in [7, 11) is 2.00. The molecule has 0 heterocycles. The number of hydrogen-bond acceptors (Lipinski definition) is 5. The van der Waals surface area contributed by atoms with Gasteiger partial charge < -0.3 is 25.0 Å². The molecule has 158 valence electrons. The molecule has 28 heavy (non-hydrogen) atoms. The molecule has 0 radical (unpaired) electrons. The second-order valence-electron chi connectivity index (χ2n) is 7.20. The third-order valence-corrected chi connectivity index (χ3v) is 4.05. The summed E-state index contributed by atoms with van der Waals surface area (Å²) in [5.74, 6) is 0.206. The van der Waals surface area contributed by atoms with E-state index in [-0.39, 0.29) is 38.2 Å². The molecule has 0 aliphatic heterocycles. The van der Waals surface area contributed by atoms with Gasteiger partial charge in [0.05, 0.1) is 13.2 Å². The fourth-order valence-electron chi connectivity index (χ4n) is 2.49. The molecule has 1 aromatic rings. The number of likely N-dealkylation sites (N-methyl/N-ethyl adjacent to an activating group) is 1. The predicted octanol–water partition coefficient (Wildman–Crippen LogP) is 1.92. The van der Waals surface area contributed by atoms with Crippen LogP contribution in [-0.4, -0.2) is 69.8 Å². The molecule has 0 aliphatic rings. The number of carbonyl (C=O) groups excluding carboxylic acids is 2. The van der Waals surface area contributed by atoms with Crippen LogP contribution in [0.4, 0.5) is 5.69 Å². The van der Waals surface area contributed by atoms with Crippen molar-refractivity contribution in [1.82, 2.24) is 10.2 Å². The topological polar surface area (TPSA) is 79.9 Å². The highest BCUT2D eigenvalue weighted by Gasteiger charge is 2.05. The average molecular weight is 394 g/mol. The summed E-state index contributed by atoms with van der Waals surface area (Å²) < 4.78 is 10.5. The minimum atomic E-state index is -0.209. The van der Waals surface area contributed by atoms with E-state index in [2.05, 4.69) is 42.4 Å². The van der Waals surface area contributed by atoms with Gasteiger partial charge in [-0.25, -0.2) is 0 Å². The van der Waals surface area contributed by atoms with E-state index in [4.69, 9.17) is 9.47 Å². The van der Waals surface area contributed by atoms with Gasteiger partial charge in [-0.05, 0) is 43.6 Å². The lowest BCUT2D eigenvalue weighted by molar-refractivity contribution is -0.127. The monoisotopic (exact) mass is 393 g/mol. The van der Waals surface area contributed by atoms with Crippen LogP contribution in [0.5, 0.6) is 0 Å². The molecular weight excluding hydrogens is 358 g/mol. The van der Waals surface area contributed by atoms with Gasteiger partial charge in [-0.2, -0.15) is 0 Å². The number of nitrogens with one attached hydrogen (secondary N) is 2. The summed E-state index contributed by atoms with van der Waals surface area (Å²) in [6, 6.07) is 7.84. The SMILES string of the molecule is CCN(C)CCNC(=O)COCCOCC(=O)Nc1cccc(CC(C)C)c1. The lowest BCUT2D eigenvalue weighted by Gasteiger charge is -2.14. The van der Waals surface area contributed by atoms with Gasteiger partial charge in [-0.15, -0.1) is 0 Å². The summed E-state index contributed by atoms with van der Waals surface area (Å²) in [6.45, 7) is 9.21. The van der Waals surface area contributed by atoms with E-state index in [9.17, 15) is 9.59 Å². The van der Waals surface area contributed by atoms with Crippen molar-refractivity contribution in [2.75, 3.05) is 58.4 Å². The number of carbonyl (C=O) groups is 2. The zero-order chi connectivity index (χ0) is 20.8. The molecule has 2 N–H and O–H groups in total. The zero-order valence-electron chi connectivity index (χ0n) is 17.6. The second kappa shape index (κ2) is 14.1. The van der Waals surface area contributed by atoms with Crippen LogP contribution in [0.1, 0.15) is 26.3 Å². The van der Waals surface area contributed by atoms with Crippen LogP contribution in [-0.2, 0) is 25.5 Å². The number of nitrogens with zero attached hydrogens (tertiary/aromatic N) is 1. The third-order valence-electron chi connectivity index (χ3n) is 4.05. The molecule has 0 fully saturated rings. The maximum absolute atomic E-state index is 11.9. The van der Waals surface area contributed by atoms with Crippen LogP contribution in [0.15, 0.2) is 24.3 Å². The number of hydrogen-bond donors (Lipinski definition) is 2. The lowest BCUT2D eigenvalue weighted by Crippen LogP contribution is -2.35. The van der Waals surface area contributed by atoms with E-state index in [1.807, 2.05) is 25.2 Å². The molecule has 0 saturated heterocycles. The molecule has 2 amide bonds. The first kappa shape index (κ1) is 24.1. The molecule has 7 nitrogen and oxygen atoms in total. The van der Waals surface area contributed by atoms with Crippen LogP contribution in [0.3, 0.4) is 0 Å². The normalized spacial score (nSPS) is 11.1. The third kappa shape index (κ3) is 11.7. The van der Waals surface area contributed by atoms with Gasteiger partial charge in [0.25, 0.3) is 0 Å². The van der Waals surface area contributed by atoms with Crippen LogP contribution in [0, 0.1) is 5.92 Å². The summed E-state index contributed by atoms with van der Waals surface area (Å²) in [6.07, 6.45) is 0.973. The smallest absolute Gasteiger partial charge is 0.250 e. The Morgan fingerprint density at radius 1 is 1.11 bits per heavy atom. The maximum Gasteiger partial charge on any atom is 0.250 e. The van der Waals surface area contributed by atoms with Gasteiger partial charge in [-0.1, -0.05) is 32.9 Å². The van der Waals surface area contributed by atoms with Crippen LogP contribution < -0.4 is 10.6 Å². The van der Waals surface area contributed by atoms with Crippen LogP contribution >= 0.6 is 0 Å². The van der Waals surface area contributed by atoms with E-state index < -0.39 is 0 Å². The standard InChI is InChI=1S/C21H35N3O4/c1-5-24(4)10-9-22-20(25)15-27-11-12-28-16-21(26)23-19-8-6-7-18(14-19)13-17(2)3/h6-8,14,17H,5,9-13,15-16H2,1-4H3,(H,22,25)(H,23,26). The highest BCUT2D eigenvalue weighted by Crippen LogP contribution is 2.14. The highest BCUT2D eigenvalue weighted by atomic mass is 16.5. The molecule has 0 saturated carbocycles. The van der Waals surface area contributed by atoms with Crippen molar-refractivity contribution in [3.05, 3.63) is 29.8 Å². The van der Waals surface area contributed by atoms with E-state index in [1.165, 1.54) is 5.56 Å². The van der Waals surface area contributed by atoms with Gasteiger partial charge in [-0.3, -0.25) is 9.59 Å². The fourth-order valence-corrected chi connectivity index (χ4v) is 2.49. The Hall–Kier alpha value is -1.96. The van der Waals surface area contributed by atoms with E-state index in [1.54, 1.807) is 0 Å². The minimum Gasteiger partial charge on any atom is -0.369 e. The molecule has 1 rings (SSSR count). The van der Waals surface area contributed by atoms with Crippen molar-refractivity contribution in [3.8, 4) is 0 Å². The molecule has 7 heteroatoms. The first-order chi connectivity index (χ1) is 13.4. The molecular formula is C21H35N3O4. The highest BCUT2D eigenvalue weighted by molar-refractivity contribution is 5.91. The molecule has 0 spiro atoms. The van der Waals surface area contributed by atoms with Crippen molar-refractivity contribution in [1.29, 1.82) is 0 Å². The first-order valence-electron chi connectivity index (χ1n) is 9.90. The number of amides is 2. The average Bonchev–Trinajstić information content (AvgIpc) is 2.64. The Kier molecular flexibility index (Phi) is 12.1. The van der Waals surface area contributed by atoms with Crippen molar-refractivity contribution < 1.29 is 19.1 Å². The predicted molar refractivity (Wildman–Crippen MR) is 111 cm³/mol. The summed E-state index contributed by atoms with van der Waals surface area (Å²) in [4.78, 5) is 25.6. The van der Waals surface area contributed by atoms with Gasteiger partial charge in [0.1, 0.15) is 13.2 Å². The Morgan fingerprint density at radius 2 is 1.79 bits per heavy atom. The Bertz CT molecular complexity index is 593. The van der Waals surface area contributed by atoms with E-state index in [0.29, 0.717) is 12.5 Å². The fraction of sp³-hybridized carbons (Fsp3) is 0.619. The lowest BCUT2D eigenvalue weighted by atomic mass is 10.0. The number of rotatable bonds is 14. The Balaban J connectivity index is 2.10. The number of anilines is 1.